The molecule has 0 spiro atoms. The number of halogens is 1. The molecule has 4 nitrogen and oxygen atoms in total. The Hall–Kier alpha value is -0.720. The second-order valence-corrected chi connectivity index (χ2v) is 5.65. The van der Waals surface area contributed by atoms with Gasteiger partial charge in [0.05, 0.1) is 6.26 Å². The van der Waals surface area contributed by atoms with Crippen molar-refractivity contribution < 1.29 is 4.42 Å². The van der Waals surface area contributed by atoms with Crippen molar-refractivity contribution >= 4 is 29.9 Å². The van der Waals surface area contributed by atoms with Crippen molar-refractivity contribution in [2.75, 3.05) is 13.1 Å². The molecule has 1 heterocycles. The lowest BCUT2D eigenvalue weighted by Gasteiger charge is -2.25. The maximum absolute atomic E-state index is 5.30. The van der Waals surface area contributed by atoms with Crippen molar-refractivity contribution in [2.24, 2.45) is 10.4 Å². The number of aliphatic imine (C=N–C) groups is 1. The predicted molar refractivity (Wildman–Crippen MR) is 93.5 cm³/mol. The first kappa shape index (κ1) is 17.3. The van der Waals surface area contributed by atoms with Crippen LogP contribution in [-0.2, 0) is 6.54 Å². The molecule has 0 unspecified atom stereocenters. The van der Waals surface area contributed by atoms with Crippen LogP contribution in [0.25, 0.3) is 0 Å². The third-order valence-corrected chi connectivity index (χ3v) is 3.81. The molecule has 5 heteroatoms. The summed E-state index contributed by atoms with van der Waals surface area (Å²) in [6, 6.07) is 3.84. The summed E-state index contributed by atoms with van der Waals surface area (Å²) in [7, 11) is 0. The van der Waals surface area contributed by atoms with E-state index in [1.54, 1.807) is 6.26 Å². The summed E-state index contributed by atoms with van der Waals surface area (Å²) in [6.45, 7) is 6.90. The number of furan rings is 1. The number of guanidine groups is 1. The lowest BCUT2D eigenvalue weighted by Crippen LogP contribution is -2.42. The standard InChI is InChI=1S/C15H25N3O.HI/c1-3-16-14(17-11-13-7-6-10-19-13)18-12-15(2)8-4-5-9-15;/h6-7,10H,3-5,8-9,11-12H2,1-2H3,(H2,16,17,18);1H. The van der Waals surface area contributed by atoms with Crippen LogP contribution in [0.4, 0.5) is 0 Å². The van der Waals surface area contributed by atoms with E-state index in [1.165, 1.54) is 25.7 Å². The van der Waals surface area contributed by atoms with Gasteiger partial charge in [0, 0.05) is 13.1 Å². The number of nitrogens with zero attached hydrogens (tertiary/aromatic N) is 1. The molecule has 0 atom stereocenters. The minimum absolute atomic E-state index is 0. The van der Waals surface area contributed by atoms with Crippen molar-refractivity contribution in [3.8, 4) is 0 Å². The molecular weight excluding hydrogens is 365 g/mol. The van der Waals surface area contributed by atoms with Crippen LogP contribution < -0.4 is 10.6 Å². The molecule has 0 saturated heterocycles. The van der Waals surface area contributed by atoms with Crippen LogP contribution in [0, 0.1) is 5.41 Å². The molecule has 1 aromatic rings. The first-order valence-corrected chi connectivity index (χ1v) is 7.26. The summed E-state index contributed by atoms with van der Waals surface area (Å²) in [6.07, 6.45) is 7.04. The molecule has 0 radical (unpaired) electrons. The molecular formula is C15H26IN3O. The Morgan fingerprint density at radius 3 is 2.70 bits per heavy atom. The van der Waals surface area contributed by atoms with Crippen molar-refractivity contribution in [3.05, 3.63) is 24.2 Å². The first-order valence-electron chi connectivity index (χ1n) is 7.26. The SMILES string of the molecule is CCNC(=NCc1ccco1)NCC1(C)CCCC1.I. The molecule has 2 N–H and O–H groups in total. The van der Waals surface area contributed by atoms with E-state index < -0.39 is 0 Å². The normalized spacial score (nSPS) is 17.6. The van der Waals surface area contributed by atoms with Crippen LogP contribution >= 0.6 is 24.0 Å². The Bertz CT molecular complexity index is 397. The third kappa shape index (κ3) is 5.34. The Labute approximate surface area is 138 Å². The number of hydrogen-bond acceptors (Lipinski definition) is 2. The first-order chi connectivity index (χ1) is 9.22. The summed E-state index contributed by atoms with van der Waals surface area (Å²) in [5.41, 5.74) is 0.431. The average molecular weight is 391 g/mol. The minimum atomic E-state index is 0. The Balaban J connectivity index is 0.00000200. The summed E-state index contributed by atoms with van der Waals surface area (Å²) >= 11 is 0. The van der Waals surface area contributed by atoms with Gasteiger partial charge < -0.3 is 15.1 Å². The van der Waals surface area contributed by atoms with Crippen molar-refractivity contribution in [2.45, 2.75) is 46.1 Å². The van der Waals surface area contributed by atoms with E-state index in [1.807, 2.05) is 12.1 Å². The van der Waals surface area contributed by atoms with E-state index in [0.717, 1.165) is 24.8 Å². The second kappa shape index (κ2) is 8.54. The molecule has 0 bridgehead atoms. The zero-order valence-corrected chi connectivity index (χ0v) is 14.8. The topological polar surface area (TPSA) is 49.6 Å². The van der Waals surface area contributed by atoms with Gasteiger partial charge in [-0.2, -0.15) is 0 Å². The van der Waals surface area contributed by atoms with E-state index in [-0.39, 0.29) is 24.0 Å². The number of nitrogens with one attached hydrogen (secondary N) is 2. The fraction of sp³-hybridized carbons (Fsp3) is 0.667. The minimum Gasteiger partial charge on any atom is -0.467 e. The van der Waals surface area contributed by atoms with Gasteiger partial charge in [-0.3, -0.25) is 0 Å². The summed E-state index contributed by atoms with van der Waals surface area (Å²) in [4.78, 5) is 4.55. The second-order valence-electron chi connectivity index (χ2n) is 5.65. The smallest absolute Gasteiger partial charge is 0.191 e. The zero-order chi connectivity index (χ0) is 13.6. The summed E-state index contributed by atoms with van der Waals surface area (Å²) in [5, 5.41) is 6.75. The zero-order valence-electron chi connectivity index (χ0n) is 12.4. The Morgan fingerprint density at radius 1 is 1.35 bits per heavy atom. The fourth-order valence-electron chi connectivity index (χ4n) is 2.60. The lowest BCUT2D eigenvalue weighted by molar-refractivity contribution is 0.334. The quantitative estimate of drug-likeness (QED) is 0.459. The van der Waals surface area contributed by atoms with Gasteiger partial charge in [0.2, 0.25) is 0 Å². The maximum Gasteiger partial charge on any atom is 0.191 e. The van der Waals surface area contributed by atoms with Crippen LogP contribution in [0.5, 0.6) is 0 Å². The highest BCUT2D eigenvalue weighted by Gasteiger charge is 2.28. The molecule has 20 heavy (non-hydrogen) atoms. The average Bonchev–Trinajstić information content (AvgIpc) is 3.05. The van der Waals surface area contributed by atoms with Crippen molar-refractivity contribution in [1.29, 1.82) is 0 Å². The highest BCUT2D eigenvalue weighted by molar-refractivity contribution is 14.0. The van der Waals surface area contributed by atoms with Gasteiger partial charge in [-0.1, -0.05) is 19.8 Å². The molecule has 114 valence electrons. The van der Waals surface area contributed by atoms with Gasteiger partial charge in [-0.05, 0) is 37.3 Å². The molecule has 0 aromatic carbocycles. The van der Waals surface area contributed by atoms with Gasteiger partial charge in [-0.15, -0.1) is 24.0 Å². The van der Waals surface area contributed by atoms with Crippen LogP contribution in [0.2, 0.25) is 0 Å². The molecule has 1 aromatic heterocycles. The van der Waals surface area contributed by atoms with Crippen LogP contribution in [-0.4, -0.2) is 19.0 Å². The molecule has 1 fully saturated rings. The van der Waals surface area contributed by atoms with E-state index in [9.17, 15) is 0 Å². The van der Waals surface area contributed by atoms with E-state index in [4.69, 9.17) is 4.42 Å². The van der Waals surface area contributed by atoms with Crippen LogP contribution in [0.3, 0.4) is 0 Å². The monoisotopic (exact) mass is 391 g/mol. The van der Waals surface area contributed by atoms with Gasteiger partial charge in [0.1, 0.15) is 12.3 Å². The highest BCUT2D eigenvalue weighted by atomic mass is 127. The van der Waals surface area contributed by atoms with E-state index in [2.05, 4.69) is 29.5 Å². The van der Waals surface area contributed by atoms with E-state index in [0.29, 0.717) is 12.0 Å². The maximum atomic E-state index is 5.30. The van der Waals surface area contributed by atoms with Crippen LogP contribution in [0.1, 0.15) is 45.3 Å². The molecule has 0 amide bonds. The van der Waals surface area contributed by atoms with E-state index >= 15 is 0 Å². The molecule has 2 rings (SSSR count). The van der Waals surface area contributed by atoms with Crippen molar-refractivity contribution in [3.63, 3.8) is 0 Å². The molecule has 0 aliphatic heterocycles. The fourth-order valence-corrected chi connectivity index (χ4v) is 2.60. The predicted octanol–water partition coefficient (Wildman–Crippen LogP) is 3.53. The largest absolute Gasteiger partial charge is 0.467 e. The van der Waals surface area contributed by atoms with Gasteiger partial charge in [0.15, 0.2) is 5.96 Å². The summed E-state index contributed by atoms with van der Waals surface area (Å²) < 4.78 is 5.30. The van der Waals surface area contributed by atoms with Gasteiger partial charge in [0.25, 0.3) is 0 Å². The van der Waals surface area contributed by atoms with Gasteiger partial charge in [-0.25, -0.2) is 4.99 Å². The Morgan fingerprint density at radius 2 is 2.10 bits per heavy atom. The lowest BCUT2D eigenvalue weighted by atomic mass is 9.89. The third-order valence-electron chi connectivity index (χ3n) is 3.81. The molecule has 1 aliphatic rings. The molecule has 1 saturated carbocycles. The number of rotatable bonds is 5. The van der Waals surface area contributed by atoms with Gasteiger partial charge >= 0.3 is 0 Å². The highest BCUT2D eigenvalue weighted by Crippen LogP contribution is 2.36. The van der Waals surface area contributed by atoms with Crippen LogP contribution in [0.15, 0.2) is 27.8 Å². The number of hydrogen-bond donors (Lipinski definition) is 2. The summed E-state index contributed by atoms with van der Waals surface area (Å²) in [5.74, 6) is 1.77. The Kier molecular flexibility index (Phi) is 7.40. The molecule has 1 aliphatic carbocycles. The van der Waals surface area contributed by atoms with Crippen molar-refractivity contribution in [1.82, 2.24) is 10.6 Å².